The van der Waals surface area contributed by atoms with E-state index in [4.69, 9.17) is 4.74 Å². The Hall–Kier alpha value is -1.06. The van der Waals surface area contributed by atoms with E-state index in [-0.39, 0.29) is 12.0 Å². The van der Waals surface area contributed by atoms with E-state index in [1.807, 2.05) is 20.8 Å². The van der Waals surface area contributed by atoms with Crippen LogP contribution < -0.4 is 0 Å². The van der Waals surface area contributed by atoms with Crippen molar-refractivity contribution in [3.05, 3.63) is 0 Å². The summed E-state index contributed by atoms with van der Waals surface area (Å²) in [6.45, 7) is 7.08. The molecule has 0 N–H and O–H groups in total. The van der Waals surface area contributed by atoms with Gasteiger partial charge in [0.1, 0.15) is 11.9 Å². The van der Waals surface area contributed by atoms with Crippen molar-refractivity contribution in [3.63, 3.8) is 0 Å². The van der Waals surface area contributed by atoms with Gasteiger partial charge in [0.15, 0.2) is 0 Å². The molecular weight excluding hydrogens is 230 g/mol. The lowest BCUT2D eigenvalue weighted by atomic mass is 9.84. The topological polar surface area (TPSA) is 46.6 Å². The molecule has 0 bridgehead atoms. The quantitative estimate of drug-likeness (QED) is 0.674. The van der Waals surface area contributed by atoms with Crippen molar-refractivity contribution in [2.24, 2.45) is 17.8 Å². The van der Waals surface area contributed by atoms with E-state index in [1.54, 1.807) is 4.90 Å². The first-order chi connectivity index (χ1) is 8.40. The van der Waals surface area contributed by atoms with Gasteiger partial charge in [-0.05, 0) is 51.9 Å². The third kappa shape index (κ3) is 2.85. The van der Waals surface area contributed by atoms with E-state index in [0.29, 0.717) is 18.4 Å². The molecule has 1 aliphatic carbocycles. The van der Waals surface area contributed by atoms with Gasteiger partial charge in [-0.1, -0.05) is 0 Å². The lowest BCUT2D eigenvalue weighted by molar-refractivity contribution is -0.112. The van der Waals surface area contributed by atoms with Crippen LogP contribution in [0.25, 0.3) is 0 Å². The van der Waals surface area contributed by atoms with Crippen LogP contribution in [0.2, 0.25) is 0 Å². The number of ether oxygens (including phenoxy) is 1. The summed E-state index contributed by atoms with van der Waals surface area (Å²) in [5, 5.41) is 0. The summed E-state index contributed by atoms with van der Waals surface area (Å²) in [4.78, 5) is 24.8. The summed E-state index contributed by atoms with van der Waals surface area (Å²) in [6, 6.07) is 0. The molecule has 0 aromatic rings. The fraction of sp³-hybridized carbons (Fsp3) is 0.857. The highest BCUT2D eigenvalue weighted by molar-refractivity contribution is 5.68. The second kappa shape index (κ2) is 4.90. The van der Waals surface area contributed by atoms with Crippen LogP contribution in [0.4, 0.5) is 4.79 Å². The molecule has 0 aromatic carbocycles. The van der Waals surface area contributed by atoms with Crippen LogP contribution in [0.15, 0.2) is 0 Å². The van der Waals surface area contributed by atoms with Crippen molar-refractivity contribution in [2.75, 3.05) is 13.1 Å². The predicted molar refractivity (Wildman–Crippen MR) is 68.2 cm³/mol. The van der Waals surface area contributed by atoms with Crippen molar-refractivity contribution in [3.8, 4) is 0 Å². The Kier molecular flexibility index (Phi) is 3.64. The lowest BCUT2D eigenvalue weighted by Gasteiger charge is -2.37. The minimum atomic E-state index is -0.451. The summed E-state index contributed by atoms with van der Waals surface area (Å²) in [6.07, 6.45) is 3.96. The molecule has 0 aromatic heterocycles. The first-order valence-electron chi connectivity index (χ1n) is 6.84. The summed E-state index contributed by atoms with van der Waals surface area (Å²) in [5.41, 5.74) is -0.451. The maximum atomic E-state index is 12.0. The first-order valence-corrected chi connectivity index (χ1v) is 6.84. The molecule has 1 aliphatic heterocycles. The average Bonchev–Trinajstić information content (AvgIpc) is 2.68. The van der Waals surface area contributed by atoms with Gasteiger partial charge < -0.3 is 14.4 Å². The molecule has 4 heteroatoms. The van der Waals surface area contributed by atoms with Crippen molar-refractivity contribution in [1.82, 2.24) is 4.90 Å². The number of hydrogen-bond acceptors (Lipinski definition) is 3. The fourth-order valence-electron chi connectivity index (χ4n) is 3.16. The van der Waals surface area contributed by atoms with Crippen LogP contribution in [0.3, 0.4) is 0 Å². The Bertz CT molecular complexity index is 334. The molecule has 3 atom stereocenters. The number of fused-ring (bicyclic) bond motifs is 1. The van der Waals surface area contributed by atoms with Gasteiger partial charge >= 0.3 is 6.09 Å². The molecule has 1 saturated carbocycles. The molecule has 2 aliphatic rings. The van der Waals surface area contributed by atoms with Crippen LogP contribution in [0.5, 0.6) is 0 Å². The molecule has 1 heterocycles. The molecule has 0 spiro atoms. The van der Waals surface area contributed by atoms with Crippen molar-refractivity contribution in [2.45, 2.75) is 45.6 Å². The largest absolute Gasteiger partial charge is 0.444 e. The zero-order valence-corrected chi connectivity index (χ0v) is 11.5. The van der Waals surface area contributed by atoms with Crippen LogP contribution in [0.1, 0.15) is 40.0 Å². The van der Waals surface area contributed by atoms with Crippen LogP contribution in [-0.4, -0.2) is 36.0 Å². The van der Waals surface area contributed by atoms with E-state index in [9.17, 15) is 9.59 Å². The smallest absolute Gasteiger partial charge is 0.410 e. The van der Waals surface area contributed by atoms with Crippen LogP contribution in [-0.2, 0) is 9.53 Å². The molecule has 0 unspecified atom stereocenters. The summed E-state index contributed by atoms with van der Waals surface area (Å²) in [7, 11) is 0. The standard InChI is InChI=1S/C14H23NO3/c1-14(2,3)18-13(17)15-7-6-10-4-5-11(9-16)12(10)8-15/h9-12H,4-8H2,1-3H3/t10-,11-,12+/m0/s1. The highest BCUT2D eigenvalue weighted by Gasteiger charge is 2.41. The molecular formula is C14H23NO3. The number of aldehydes is 1. The first kappa shape index (κ1) is 13.4. The van der Waals surface area contributed by atoms with E-state index < -0.39 is 5.60 Å². The van der Waals surface area contributed by atoms with Gasteiger partial charge in [-0.2, -0.15) is 0 Å². The van der Waals surface area contributed by atoms with Gasteiger partial charge in [-0.3, -0.25) is 0 Å². The maximum absolute atomic E-state index is 12.0. The summed E-state index contributed by atoms with van der Waals surface area (Å²) < 4.78 is 5.39. The van der Waals surface area contributed by atoms with Gasteiger partial charge in [0.2, 0.25) is 0 Å². The number of carbonyl (C=O) groups is 2. The van der Waals surface area contributed by atoms with Crippen LogP contribution in [0, 0.1) is 17.8 Å². The predicted octanol–water partition coefficient (Wildman–Crippen LogP) is 2.47. The van der Waals surface area contributed by atoms with Crippen molar-refractivity contribution >= 4 is 12.4 Å². The second-order valence-corrected chi connectivity index (χ2v) is 6.52. The van der Waals surface area contributed by atoms with E-state index >= 15 is 0 Å². The Morgan fingerprint density at radius 1 is 1.28 bits per heavy atom. The highest BCUT2D eigenvalue weighted by Crippen LogP contribution is 2.41. The summed E-state index contributed by atoms with van der Waals surface area (Å²) >= 11 is 0. The third-order valence-corrected chi connectivity index (χ3v) is 4.05. The number of likely N-dealkylation sites (tertiary alicyclic amines) is 1. The molecule has 2 rings (SSSR count). The highest BCUT2D eigenvalue weighted by atomic mass is 16.6. The Balaban J connectivity index is 1.96. The molecule has 4 nitrogen and oxygen atoms in total. The third-order valence-electron chi connectivity index (χ3n) is 4.05. The molecule has 1 saturated heterocycles. The zero-order valence-electron chi connectivity index (χ0n) is 11.5. The van der Waals surface area contributed by atoms with Gasteiger partial charge in [0.25, 0.3) is 0 Å². The van der Waals surface area contributed by atoms with Crippen molar-refractivity contribution < 1.29 is 14.3 Å². The van der Waals surface area contributed by atoms with Gasteiger partial charge in [0.05, 0.1) is 0 Å². The van der Waals surface area contributed by atoms with Crippen LogP contribution >= 0.6 is 0 Å². The fourth-order valence-corrected chi connectivity index (χ4v) is 3.16. The van der Waals surface area contributed by atoms with Gasteiger partial charge in [0, 0.05) is 19.0 Å². The maximum Gasteiger partial charge on any atom is 0.410 e. The molecule has 1 amide bonds. The SMILES string of the molecule is CC(C)(C)OC(=O)N1CC[C@@H]2CC[C@@H](C=O)[C@@H]2C1. The normalized spacial score (nSPS) is 31.9. The van der Waals surface area contributed by atoms with Crippen molar-refractivity contribution in [1.29, 1.82) is 0 Å². The molecule has 18 heavy (non-hydrogen) atoms. The van der Waals surface area contributed by atoms with E-state index in [1.165, 1.54) is 0 Å². The van der Waals surface area contributed by atoms with Gasteiger partial charge in [-0.15, -0.1) is 0 Å². The van der Waals surface area contributed by atoms with Gasteiger partial charge in [-0.25, -0.2) is 4.79 Å². The monoisotopic (exact) mass is 253 g/mol. The number of rotatable bonds is 1. The van der Waals surface area contributed by atoms with E-state index in [2.05, 4.69) is 0 Å². The molecule has 2 fully saturated rings. The lowest BCUT2D eigenvalue weighted by Crippen LogP contribution is -2.46. The Morgan fingerprint density at radius 2 is 2.00 bits per heavy atom. The molecule has 0 radical (unpaired) electrons. The Labute approximate surface area is 109 Å². The van der Waals surface area contributed by atoms with E-state index in [0.717, 1.165) is 32.1 Å². The zero-order chi connectivity index (χ0) is 13.3. The molecule has 102 valence electrons. The second-order valence-electron chi connectivity index (χ2n) is 6.52. The number of amides is 1. The minimum Gasteiger partial charge on any atom is -0.444 e. The number of nitrogens with zero attached hydrogens (tertiary/aromatic N) is 1. The Morgan fingerprint density at radius 3 is 2.61 bits per heavy atom. The number of carbonyl (C=O) groups excluding carboxylic acids is 2. The minimum absolute atomic E-state index is 0.139. The number of hydrogen-bond donors (Lipinski definition) is 0. The summed E-state index contributed by atoms with van der Waals surface area (Å²) in [5.74, 6) is 1.11. The number of piperidine rings is 1. The average molecular weight is 253 g/mol.